The zero-order valence-corrected chi connectivity index (χ0v) is 14.6. The molecule has 2 aromatic carbocycles. The molecule has 0 heterocycles. The molecule has 2 rings (SSSR count). The Bertz CT molecular complexity index is 786. The highest BCUT2D eigenvalue weighted by Crippen LogP contribution is 2.29. The van der Waals surface area contributed by atoms with Gasteiger partial charge in [-0.2, -0.15) is 0 Å². The minimum atomic E-state index is -1.09. The van der Waals surface area contributed by atoms with Crippen LogP contribution >= 0.6 is 0 Å². The van der Waals surface area contributed by atoms with Crippen LogP contribution in [-0.2, 0) is 16.2 Å². The number of carbonyl (C=O) groups is 2. The van der Waals surface area contributed by atoms with E-state index in [1.54, 1.807) is 31.4 Å². The van der Waals surface area contributed by atoms with Crippen LogP contribution in [-0.4, -0.2) is 30.1 Å². The first-order chi connectivity index (χ1) is 12.5. The minimum Gasteiger partial charge on any atom is -0.493 e. The number of ether oxygens (including phenoxy) is 2. The average molecular weight is 355 g/mol. The number of nitrogens with one attached hydrogen (secondary N) is 1. The zero-order valence-electron chi connectivity index (χ0n) is 14.6. The quantitative estimate of drug-likeness (QED) is 0.711. The highest BCUT2D eigenvalue weighted by Gasteiger charge is 2.12. The van der Waals surface area contributed by atoms with Gasteiger partial charge in [0.2, 0.25) is 5.91 Å². The summed E-state index contributed by atoms with van der Waals surface area (Å²) < 4.78 is 11.1. The molecule has 0 aliphatic carbocycles. The fourth-order valence-electron chi connectivity index (χ4n) is 2.14. The number of carboxylic acids is 1. The van der Waals surface area contributed by atoms with Gasteiger partial charge in [0, 0.05) is 6.08 Å². The summed E-state index contributed by atoms with van der Waals surface area (Å²) in [6, 6.07) is 14.1. The lowest BCUT2D eigenvalue weighted by molar-refractivity contribution is -0.140. The molecule has 0 aliphatic heterocycles. The van der Waals surface area contributed by atoms with E-state index in [-0.39, 0.29) is 0 Å². The lowest BCUT2D eigenvalue weighted by Gasteiger charge is -2.11. The van der Waals surface area contributed by atoms with Crippen molar-refractivity contribution in [3.8, 4) is 11.5 Å². The fourth-order valence-corrected chi connectivity index (χ4v) is 2.14. The molecule has 6 heteroatoms. The number of amides is 1. The van der Waals surface area contributed by atoms with Crippen LogP contribution in [0.4, 0.5) is 0 Å². The largest absolute Gasteiger partial charge is 0.493 e. The minimum absolute atomic E-state index is 0.419. The van der Waals surface area contributed by atoms with E-state index in [1.165, 1.54) is 13.0 Å². The summed E-state index contributed by atoms with van der Waals surface area (Å²) in [5, 5.41) is 11.1. The van der Waals surface area contributed by atoms with Crippen LogP contribution in [0.1, 0.15) is 18.1 Å². The number of methoxy groups -OCH3 is 1. The molecule has 0 unspecified atom stereocenters. The first-order valence-corrected chi connectivity index (χ1v) is 8.05. The Labute approximate surface area is 152 Å². The predicted molar refractivity (Wildman–Crippen MR) is 98.0 cm³/mol. The van der Waals surface area contributed by atoms with Crippen LogP contribution in [0, 0.1) is 0 Å². The van der Waals surface area contributed by atoms with Gasteiger partial charge in [0.15, 0.2) is 11.5 Å². The molecular formula is C20H21NO5. The summed E-state index contributed by atoms with van der Waals surface area (Å²) in [7, 11) is 1.54. The molecule has 0 bridgehead atoms. The Morgan fingerprint density at radius 3 is 2.54 bits per heavy atom. The second kappa shape index (κ2) is 9.27. The molecule has 0 spiro atoms. The third-order valence-corrected chi connectivity index (χ3v) is 3.58. The van der Waals surface area contributed by atoms with Crippen LogP contribution < -0.4 is 14.8 Å². The van der Waals surface area contributed by atoms with Crippen LogP contribution in [0.3, 0.4) is 0 Å². The highest BCUT2D eigenvalue weighted by molar-refractivity contribution is 5.94. The second-order valence-corrected chi connectivity index (χ2v) is 5.59. The number of benzene rings is 2. The third kappa shape index (κ3) is 5.66. The summed E-state index contributed by atoms with van der Waals surface area (Å²) in [6.45, 7) is 1.82. The van der Waals surface area contributed by atoms with Crippen LogP contribution in [0.2, 0.25) is 0 Å². The van der Waals surface area contributed by atoms with E-state index in [0.717, 1.165) is 11.1 Å². The number of hydrogen-bond acceptors (Lipinski definition) is 4. The maximum atomic E-state index is 11.7. The van der Waals surface area contributed by atoms with Gasteiger partial charge in [0.05, 0.1) is 7.11 Å². The molecule has 2 aromatic rings. The molecule has 0 aromatic heterocycles. The Morgan fingerprint density at radius 2 is 1.88 bits per heavy atom. The maximum absolute atomic E-state index is 11.7. The van der Waals surface area contributed by atoms with Crippen LogP contribution in [0.5, 0.6) is 11.5 Å². The van der Waals surface area contributed by atoms with Gasteiger partial charge in [-0.25, -0.2) is 0 Å². The van der Waals surface area contributed by atoms with Gasteiger partial charge in [-0.15, -0.1) is 0 Å². The third-order valence-electron chi connectivity index (χ3n) is 3.58. The summed E-state index contributed by atoms with van der Waals surface area (Å²) in [5.41, 5.74) is 1.77. The Hall–Kier alpha value is -3.28. The Morgan fingerprint density at radius 1 is 1.15 bits per heavy atom. The zero-order chi connectivity index (χ0) is 18.9. The van der Waals surface area contributed by atoms with E-state index in [2.05, 4.69) is 5.32 Å². The fraction of sp³-hybridized carbons (Fsp3) is 0.200. The first kappa shape index (κ1) is 19.1. The van der Waals surface area contributed by atoms with Gasteiger partial charge in [-0.05, 0) is 36.3 Å². The number of aliphatic carboxylic acids is 1. The predicted octanol–water partition coefficient (Wildman–Crippen LogP) is 2.88. The van der Waals surface area contributed by atoms with Gasteiger partial charge >= 0.3 is 5.97 Å². The molecule has 2 N–H and O–H groups in total. The van der Waals surface area contributed by atoms with Gasteiger partial charge in [0.1, 0.15) is 12.6 Å². The molecule has 0 radical (unpaired) electrons. The monoisotopic (exact) mass is 355 g/mol. The summed E-state index contributed by atoms with van der Waals surface area (Å²) in [4.78, 5) is 22.4. The molecule has 136 valence electrons. The number of hydrogen-bond donors (Lipinski definition) is 2. The van der Waals surface area contributed by atoms with Crippen molar-refractivity contribution in [2.75, 3.05) is 7.11 Å². The van der Waals surface area contributed by atoms with Crippen molar-refractivity contribution in [1.29, 1.82) is 0 Å². The van der Waals surface area contributed by atoms with Crippen molar-refractivity contribution in [1.82, 2.24) is 5.32 Å². The molecular weight excluding hydrogens is 334 g/mol. The van der Waals surface area contributed by atoms with Crippen molar-refractivity contribution in [3.05, 3.63) is 65.7 Å². The molecule has 0 saturated heterocycles. The highest BCUT2D eigenvalue weighted by atomic mass is 16.5. The van der Waals surface area contributed by atoms with Crippen molar-refractivity contribution in [3.63, 3.8) is 0 Å². The van der Waals surface area contributed by atoms with Gasteiger partial charge in [-0.3, -0.25) is 9.59 Å². The second-order valence-electron chi connectivity index (χ2n) is 5.59. The normalized spacial score (nSPS) is 11.8. The van der Waals surface area contributed by atoms with Crippen LogP contribution in [0.25, 0.3) is 6.08 Å². The molecule has 0 fully saturated rings. The smallest absolute Gasteiger partial charge is 0.325 e. The van der Waals surface area contributed by atoms with Crippen LogP contribution in [0.15, 0.2) is 54.6 Å². The van der Waals surface area contributed by atoms with E-state index in [0.29, 0.717) is 18.1 Å². The standard InChI is InChI=1S/C20H21NO5/c1-14(20(23)24)21-19(22)11-9-15-8-10-17(18(12-15)25-2)26-13-16-6-4-3-5-7-16/h3-12,14H,13H2,1-2H3,(H,21,22)(H,23,24)/b11-9+/t14-/m0/s1. The molecule has 0 aliphatic rings. The number of carboxylic acid groups (broad SMARTS) is 1. The van der Waals surface area contributed by atoms with Gasteiger partial charge in [-0.1, -0.05) is 36.4 Å². The molecule has 26 heavy (non-hydrogen) atoms. The van der Waals surface area contributed by atoms with E-state index < -0.39 is 17.9 Å². The van der Waals surface area contributed by atoms with Crippen molar-refractivity contribution >= 4 is 18.0 Å². The molecule has 0 saturated carbocycles. The lowest BCUT2D eigenvalue weighted by atomic mass is 10.2. The summed E-state index contributed by atoms with van der Waals surface area (Å²) in [6.07, 6.45) is 2.85. The number of carbonyl (C=O) groups excluding carboxylic acids is 1. The van der Waals surface area contributed by atoms with E-state index in [4.69, 9.17) is 14.6 Å². The molecule has 1 atom stereocenters. The average Bonchev–Trinajstić information content (AvgIpc) is 2.65. The van der Waals surface area contributed by atoms with Crippen molar-refractivity contribution in [2.45, 2.75) is 19.6 Å². The first-order valence-electron chi connectivity index (χ1n) is 8.05. The summed E-state index contributed by atoms with van der Waals surface area (Å²) in [5.74, 6) is -0.434. The maximum Gasteiger partial charge on any atom is 0.325 e. The Balaban J connectivity index is 2.02. The van der Waals surface area contributed by atoms with Crippen molar-refractivity contribution < 1.29 is 24.2 Å². The van der Waals surface area contributed by atoms with Crippen molar-refractivity contribution in [2.24, 2.45) is 0 Å². The molecule has 6 nitrogen and oxygen atoms in total. The van der Waals surface area contributed by atoms with E-state index in [1.807, 2.05) is 30.3 Å². The lowest BCUT2D eigenvalue weighted by Crippen LogP contribution is -2.37. The molecule has 1 amide bonds. The number of rotatable bonds is 8. The van der Waals surface area contributed by atoms with Gasteiger partial charge in [0.25, 0.3) is 0 Å². The van der Waals surface area contributed by atoms with E-state index in [9.17, 15) is 9.59 Å². The Kier molecular flexibility index (Phi) is 6.79. The van der Waals surface area contributed by atoms with Gasteiger partial charge < -0.3 is 19.9 Å². The topological polar surface area (TPSA) is 84.9 Å². The van der Waals surface area contributed by atoms with E-state index >= 15 is 0 Å². The summed E-state index contributed by atoms with van der Waals surface area (Å²) >= 11 is 0. The SMILES string of the molecule is COc1cc(/C=C/C(=O)N[C@@H](C)C(=O)O)ccc1OCc1ccccc1.